The first-order valence-corrected chi connectivity index (χ1v) is 12.2. The zero-order valence-corrected chi connectivity index (χ0v) is 19.0. The Morgan fingerprint density at radius 1 is 1.00 bits per heavy atom. The van der Waals surface area contributed by atoms with E-state index < -0.39 is 0 Å². The van der Waals surface area contributed by atoms with Gasteiger partial charge < -0.3 is 0 Å². The van der Waals surface area contributed by atoms with E-state index in [1.54, 1.807) is 22.9 Å². The molecule has 5 aromatic rings. The monoisotopic (exact) mass is 461 g/mol. The molecule has 0 fully saturated rings. The lowest BCUT2D eigenvalue weighted by Gasteiger charge is -2.13. The van der Waals surface area contributed by atoms with Gasteiger partial charge in [0.25, 0.3) is 5.56 Å². The Hall–Kier alpha value is -3.03. The zero-order valence-electron chi connectivity index (χ0n) is 17.4. The van der Waals surface area contributed by atoms with Crippen molar-refractivity contribution in [3.63, 3.8) is 0 Å². The number of rotatable bonds is 6. The molecular weight excluding hydrogens is 441 g/mol. The summed E-state index contributed by atoms with van der Waals surface area (Å²) < 4.78 is 15.6. The Kier molecular flexibility index (Phi) is 5.76. The van der Waals surface area contributed by atoms with Crippen LogP contribution in [0.3, 0.4) is 0 Å². The van der Waals surface area contributed by atoms with Gasteiger partial charge in [0.15, 0.2) is 5.16 Å². The Morgan fingerprint density at radius 3 is 2.47 bits per heavy atom. The molecule has 0 aliphatic rings. The molecule has 3 heterocycles. The number of pyridine rings is 1. The third kappa shape index (κ3) is 4.06. The molecule has 0 atom stereocenters. The summed E-state index contributed by atoms with van der Waals surface area (Å²) in [5, 5.41) is 1.54. The average molecular weight is 462 g/mol. The Balaban J connectivity index is 1.60. The molecule has 5 rings (SSSR count). The summed E-state index contributed by atoms with van der Waals surface area (Å²) >= 11 is 2.87. The van der Waals surface area contributed by atoms with Crippen LogP contribution in [0.5, 0.6) is 0 Å². The van der Waals surface area contributed by atoms with E-state index in [0.29, 0.717) is 27.7 Å². The average Bonchev–Trinajstić information content (AvgIpc) is 3.20. The van der Waals surface area contributed by atoms with Crippen molar-refractivity contribution in [1.29, 1.82) is 0 Å². The summed E-state index contributed by atoms with van der Waals surface area (Å²) in [7, 11) is 0. The normalized spacial score (nSPS) is 11.4. The van der Waals surface area contributed by atoms with E-state index in [9.17, 15) is 9.18 Å². The molecule has 0 saturated carbocycles. The van der Waals surface area contributed by atoms with E-state index in [4.69, 9.17) is 4.98 Å². The largest absolute Gasteiger partial charge is 0.282 e. The highest BCUT2D eigenvalue weighted by Crippen LogP contribution is 2.31. The lowest BCUT2D eigenvalue weighted by Crippen LogP contribution is -2.23. The standard InChI is InChI=1S/C25H20FN3OS2/c1-2-16-5-7-17(8-6-16)14-29-24(30)22-21(20-4-3-13-27-23(20)32-22)28-25(29)31-15-18-9-11-19(26)12-10-18/h3-13H,2,14-15H2,1H3. The van der Waals surface area contributed by atoms with Gasteiger partial charge >= 0.3 is 0 Å². The second-order valence-corrected chi connectivity index (χ2v) is 9.45. The number of hydrogen-bond donors (Lipinski definition) is 0. The van der Waals surface area contributed by atoms with Gasteiger partial charge in [-0.05, 0) is 47.4 Å². The first-order chi connectivity index (χ1) is 15.6. The minimum absolute atomic E-state index is 0.0563. The quantitative estimate of drug-likeness (QED) is 0.228. The fourth-order valence-corrected chi connectivity index (χ4v) is 5.56. The van der Waals surface area contributed by atoms with Crippen molar-refractivity contribution < 1.29 is 4.39 Å². The number of thiophene rings is 1. The Bertz CT molecular complexity index is 1460. The number of hydrogen-bond acceptors (Lipinski definition) is 5. The van der Waals surface area contributed by atoms with Gasteiger partial charge in [-0.15, -0.1) is 11.3 Å². The summed E-state index contributed by atoms with van der Waals surface area (Å²) in [4.78, 5) is 23.7. The van der Waals surface area contributed by atoms with Crippen molar-refractivity contribution in [2.75, 3.05) is 0 Å². The summed E-state index contributed by atoms with van der Waals surface area (Å²) in [6.07, 6.45) is 2.71. The van der Waals surface area contributed by atoms with Gasteiger partial charge in [0, 0.05) is 17.3 Å². The lowest BCUT2D eigenvalue weighted by molar-refractivity contribution is 0.627. The van der Waals surface area contributed by atoms with Crippen molar-refractivity contribution in [2.45, 2.75) is 30.8 Å². The van der Waals surface area contributed by atoms with E-state index in [1.807, 2.05) is 12.1 Å². The van der Waals surface area contributed by atoms with Crippen LogP contribution in [0.15, 0.2) is 76.8 Å². The molecule has 0 N–H and O–H groups in total. The highest BCUT2D eigenvalue weighted by molar-refractivity contribution is 7.98. The molecule has 0 aliphatic heterocycles. The van der Waals surface area contributed by atoms with Gasteiger partial charge in [-0.25, -0.2) is 14.4 Å². The number of aryl methyl sites for hydroxylation is 1. The number of thioether (sulfide) groups is 1. The molecule has 0 amide bonds. The van der Waals surface area contributed by atoms with Crippen LogP contribution in [-0.2, 0) is 18.7 Å². The molecule has 0 bridgehead atoms. The first-order valence-electron chi connectivity index (χ1n) is 10.4. The van der Waals surface area contributed by atoms with Crippen LogP contribution in [0.1, 0.15) is 23.6 Å². The highest BCUT2D eigenvalue weighted by Gasteiger charge is 2.17. The number of aromatic nitrogens is 3. The van der Waals surface area contributed by atoms with Crippen LogP contribution in [0, 0.1) is 5.82 Å². The zero-order chi connectivity index (χ0) is 22.1. The molecule has 0 saturated heterocycles. The van der Waals surface area contributed by atoms with Crippen LogP contribution < -0.4 is 5.56 Å². The number of benzene rings is 2. The van der Waals surface area contributed by atoms with Crippen molar-refractivity contribution in [3.8, 4) is 0 Å². The maximum absolute atomic E-state index is 13.5. The topological polar surface area (TPSA) is 47.8 Å². The van der Waals surface area contributed by atoms with Crippen molar-refractivity contribution in [1.82, 2.24) is 14.5 Å². The predicted octanol–water partition coefficient (Wildman–Crippen LogP) is 6.05. The minimum atomic E-state index is -0.261. The summed E-state index contributed by atoms with van der Waals surface area (Å²) in [6, 6.07) is 18.6. The van der Waals surface area contributed by atoms with Crippen LogP contribution in [0.25, 0.3) is 20.4 Å². The molecule has 2 aromatic carbocycles. The molecule has 0 radical (unpaired) electrons. The first kappa shape index (κ1) is 20.8. The number of nitrogens with zero attached hydrogens (tertiary/aromatic N) is 3. The predicted molar refractivity (Wildman–Crippen MR) is 130 cm³/mol. The smallest absolute Gasteiger partial charge is 0.272 e. The molecule has 32 heavy (non-hydrogen) atoms. The SMILES string of the molecule is CCc1ccc(Cn2c(SCc3ccc(F)cc3)nc3c(sc4ncccc43)c2=O)cc1. The lowest BCUT2D eigenvalue weighted by atomic mass is 10.1. The highest BCUT2D eigenvalue weighted by atomic mass is 32.2. The maximum atomic E-state index is 13.5. The molecule has 0 aliphatic carbocycles. The van der Waals surface area contributed by atoms with E-state index in [0.717, 1.165) is 27.8 Å². The molecule has 0 spiro atoms. The van der Waals surface area contributed by atoms with Gasteiger partial charge in [-0.3, -0.25) is 9.36 Å². The van der Waals surface area contributed by atoms with Crippen LogP contribution in [0.2, 0.25) is 0 Å². The summed E-state index contributed by atoms with van der Waals surface area (Å²) in [5.74, 6) is 0.329. The fraction of sp³-hybridized carbons (Fsp3) is 0.160. The van der Waals surface area contributed by atoms with Gasteiger partial charge in [0.2, 0.25) is 0 Å². The van der Waals surface area contributed by atoms with E-state index >= 15 is 0 Å². The van der Waals surface area contributed by atoms with E-state index in [-0.39, 0.29) is 11.4 Å². The van der Waals surface area contributed by atoms with Crippen LogP contribution in [-0.4, -0.2) is 14.5 Å². The third-order valence-corrected chi connectivity index (χ3v) is 7.51. The van der Waals surface area contributed by atoms with E-state index in [1.165, 1.54) is 40.8 Å². The fourth-order valence-electron chi connectivity index (χ4n) is 3.58. The van der Waals surface area contributed by atoms with Crippen molar-refractivity contribution in [2.24, 2.45) is 0 Å². The molecular formula is C25H20FN3OS2. The number of fused-ring (bicyclic) bond motifs is 3. The molecule has 7 heteroatoms. The Labute approximate surface area is 192 Å². The summed E-state index contributed by atoms with van der Waals surface area (Å²) in [5.41, 5.74) is 3.92. The van der Waals surface area contributed by atoms with E-state index in [2.05, 4.69) is 36.2 Å². The molecule has 0 unspecified atom stereocenters. The molecule has 3 aromatic heterocycles. The van der Waals surface area contributed by atoms with Gasteiger partial charge in [-0.2, -0.15) is 0 Å². The van der Waals surface area contributed by atoms with Gasteiger partial charge in [0.1, 0.15) is 15.3 Å². The maximum Gasteiger partial charge on any atom is 0.272 e. The second kappa shape index (κ2) is 8.84. The number of halogens is 1. The van der Waals surface area contributed by atoms with Crippen molar-refractivity contribution >= 4 is 43.5 Å². The van der Waals surface area contributed by atoms with Gasteiger partial charge in [-0.1, -0.05) is 55.1 Å². The Morgan fingerprint density at radius 2 is 1.72 bits per heavy atom. The van der Waals surface area contributed by atoms with Crippen LogP contribution >= 0.6 is 23.1 Å². The van der Waals surface area contributed by atoms with Gasteiger partial charge in [0.05, 0.1) is 12.1 Å². The van der Waals surface area contributed by atoms with Crippen LogP contribution in [0.4, 0.5) is 4.39 Å². The van der Waals surface area contributed by atoms with Crippen molar-refractivity contribution in [3.05, 3.63) is 99.7 Å². The third-order valence-electron chi connectivity index (χ3n) is 5.37. The molecule has 160 valence electrons. The molecule has 4 nitrogen and oxygen atoms in total. The second-order valence-electron chi connectivity index (χ2n) is 7.51. The summed E-state index contributed by atoms with van der Waals surface area (Å²) in [6.45, 7) is 2.57. The minimum Gasteiger partial charge on any atom is -0.282 e.